The molecule has 0 aliphatic carbocycles. The monoisotopic (exact) mass is 170 g/mol. The van der Waals surface area contributed by atoms with Gasteiger partial charge >= 0.3 is 0 Å². The van der Waals surface area contributed by atoms with Crippen LogP contribution < -0.4 is 10.2 Å². The molecule has 4 heteroatoms. The third-order valence-corrected chi connectivity index (χ3v) is 1.26. The highest BCUT2D eigenvalue weighted by Crippen LogP contribution is 2.03. The molecule has 0 N–H and O–H groups in total. The summed E-state index contributed by atoms with van der Waals surface area (Å²) >= 11 is 0. The molecule has 1 rings (SSSR count). The summed E-state index contributed by atoms with van der Waals surface area (Å²) in [6, 6.07) is 1.37. The van der Waals surface area contributed by atoms with E-state index in [4.69, 9.17) is 9.15 Å². The summed E-state index contributed by atoms with van der Waals surface area (Å²) in [4.78, 5) is 11.1. The Balaban J connectivity index is 2.80. The Morgan fingerprint density at radius 3 is 2.92 bits per heavy atom. The number of methoxy groups -OCH3 is 1. The average Bonchev–Trinajstić information content (AvgIpc) is 2.03. The predicted octanol–water partition coefficient (Wildman–Crippen LogP) is 0.931. The Bertz CT molecular complexity index is 302. The lowest BCUT2D eigenvalue weighted by Crippen LogP contribution is -2.08. The van der Waals surface area contributed by atoms with Gasteiger partial charge in [-0.15, -0.1) is 0 Å². The molecule has 0 amide bonds. The third-order valence-electron chi connectivity index (χ3n) is 1.26. The van der Waals surface area contributed by atoms with E-state index in [0.717, 1.165) is 0 Å². The van der Waals surface area contributed by atoms with Gasteiger partial charge in [-0.05, 0) is 6.92 Å². The zero-order valence-corrected chi connectivity index (χ0v) is 6.99. The molecule has 0 aromatic carbocycles. The van der Waals surface area contributed by atoms with Crippen molar-refractivity contribution in [3.63, 3.8) is 0 Å². The van der Waals surface area contributed by atoms with E-state index in [2.05, 4.69) is 4.74 Å². The molecule has 0 saturated carbocycles. The third kappa shape index (κ3) is 2.10. The topological polar surface area (TPSA) is 48.7 Å². The van der Waals surface area contributed by atoms with Crippen molar-refractivity contribution in [3.05, 3.63) is 28.3 Å². The molecule has 0 fully saturated rings. The second-order valence-corrected chi connectivity index (χ2v) is 2.27. The molecule has 1 aromatic heterocycles. The van der Waals surface area contributed by atoms with Crippen LogP contribution in [0.3, 0.4) is 0 Å². The van der Waals surface area contributed by atoms with E-state index in [1.54, 1.807) is 6.92 Å². The highest BCUT2D eigenvalue weighted by Gasteiger charge is 2.00. The molecule has 1 heterocycles. The number of ether oxygens (including phenoxy) is 2. The van der Waals surface area contributed by atoms with Crippen LogP contribution in [-0.2, 0) is 4.74 Å². The van der Waals surface area contributed by atoms with Crippen LogP contribution in [-0.4, -0.2) is 13.9 Å². The summed E-state index contributed by atoms with van der Waals surface area (Å²) in [6.07, 6.45) is 1.27. The molecule has 12 heavy (non-hydrogen) atoms. The quantitative estimate of drug-likeness (QED) is 0.633. The van der Waals surface area contributed by atoms with Gasteiger partial charge in [0.05, 0.1) is 0 Å². The second-order valence-electron chi connectivity index (χ2n) is 2.27. The molecule has 0 atom stereocenters. The Kier molecular flexibility index (Phi) is 2.88. The Morgan fingerprint density at radius 2 is 2.33 bits per heavy atom. The summed E-state index contributed by atoms with van der Waals surface area (Å²) < 4.78 is 14.5. The molecule has 0 unspecified atom stereocenters. The summed E-state index contributed by atoms with van der Waals surface area (Å²) in [5, 5.41) is 0. The maximum atomic E-state index is 11.1. The average molecular weight is 170 g/mol. The van der Waals surface area contributed by atoms with E-state index in [1.165, 1.54) is 19.4 Å². The van der Waals surface area contributed by atoms with E-state index in [9.17, 15) is 4.79 Å². The second kappa shape index (κ2) is 3.92. The number of hydrogen-bond donors (Lipinski definition) is 0. The van der Waals surface area contributed by atoms with Gasteiger partial charge in [-0.3, -0.25) is 4.79 Å². The van der Waals surface area contributed by atoms with Crippen molar-refractivity contribution in [3.8, 4) is 5.75 Å². The predicted molar refractivity (Wildman–Crippen MR) is 42.2 cm³/mol. The lowest BCUT2D eigenvalue weighted by atomic mass is 10.4. The minimum Gasteiger partial charge on any atom is -0.465 e. The first-order chi connectivity index (χ1) is 5.74. The van der Waals surface area contributed by atoms with Gasteiger partial charge in [-0.2, -0.15) is 0 Å². The highest BCUT2D eigenvalue weighted by molar-refractivity contribution is 5.16. The summed E-state index contributed by atoms with van der Waals surface area (Å²) in [5.74, 6) is 0.729. The maximum absolute atomic E-state index is 11.1. The van der Waals surface area contributed by atoms with Gasteiger partial charge in [0.2, 0.25) is 11.2 Å². The Morgan fingerprint density at radius 1 is 1.58 bits per heavy atom. The fourth-order valence-corrected chi connectivity index (χ4v) is 0.722. The zero-order chi connectivity index (χ0) is 8.97. The minimum absolute atomic E-state index is 0.0494. The first kappa shape index (κ1) is 8.80. The van der Waals surface area contributed by atoms with Crippen LogP contribution in [0.15, 0.2) is 21.5 Å². The zero-order valence-electron chi connectivity index (χ0n) is 6.99. The van der Waals surface area contributed by atoms with Crippen molar-refractivity contribution >= 4 is 0 Å². The van der Waals surface area contributed by atoms with Crippen molar-refractivity contribution in [2.75, 3.05) is 13.9 Å². The smallest absolute Gasteiger partial charge is 0.227 e. The van der Waals surface area contributed by atoms with Crippen molar-refractivity contribution in [1.82, 2.24) is 0 Å². The maximum Gasteiger partial charge on any atom is 0.227 e. The van der Waals surface area contributed by atoms with Crippen molar-refractivity contribution in [2.45, 2.75) is 6.92 Å². The molecule has 0 aliphatic heterocycles. The molecule has 66 valence electrons. The van der Waals surface area contributed by atoms with Gasteiger partial charge in [0.1, 0.15) is 12.0 Å². The van der Waals surface area contributed by atoms with E-state index in [-0.39, 0.29) is 18.0 Å². The lowest BCUT2D eigenvalue weighted by Gasteiger charge is -2.01. The standard InChI is InChI=1S/C8H10O4/c1-6-3-7(9)8(4-11-6)12-5-10-2/h3-4H,5H2,1-2H3. The molecule has 0 radical (unpaired) electrons. The van der Waals surface area contributed by atoms with E-state index >= 15 is 0 Å². The molecular weight excluding hydrogens is 160 g/mol. The minimum atomic E-state index is -0.198. The Hall–Kier alpha value is -1.29. The van der Waals surface area contributed by atoms with Gasteiger partial charge in [0.25, 0.3) is 0 Å². The Labute approximate surface area is 69.7 Å². The number of aryl methyl sites for hydroxylation is 1. The van der Waals surface area contributed by atoms with Crippen LogP contribution in [0.5, 0.6) is 5.75 Å². The van der Waals surface area contributed by atoms with Crippen LogP contribution in [0.4, 0.5) is 0 Å². The first-order valence-electron chi connectivity index (χ1n) is 3.45. The van der Waals surface area contributed by atoms with Crippen molar-refractivity contribution < 1.29 is 13.9 Å². The van der Waals surface area contributed by atoms with Crippen LogP contribution in [0.1, 0.15) is 5.76 Å². The van der Waals surface area contributed by atoms with Gasteiger partial charge in [0, 0.05) is 13.2 Å². The van der Waals surface area contributed by atoms with Crippen molar-refractivity contribution in [2.24, 2.45) is 0 Å². The fraction of sp³-hybridized carbons (Fsp3) is 0.375. The molecular formula is C8H10O4. The first-order valence-corrected chi connectivity index (χ1v) is 3.45. The van der Waals surface area contributed by atoms with Gasteiger partial charge in [-0.1, -0.05) is 0 Å². The molecule has 0 aliphatic rings. The fourth-order valence-electron chi connectivity index (χ4n) is 0.722. The molecule has 0 spiro atoms. The lowest BCUT2D eigenvalue weighted by molar-refractivity contribution is 0.0487. The van der Waals surface area contributed by atoms with Gasteiger partial charge < -0.3 is 13.9 Å². The van der Waals surface area contributed by atoms with Gasteiger partial charge in [0.15, 0.2) is 6.79 Å². The summed E-state index contributed by atoms with van der Waals surface area (Å²) in [7, 11) is 1.48. The normalized spacial score (nSPS) is 9.83. The molecule has 1 aromatic rings. The number of rotatable bonds is 3. The summed E-state index contributed by atoms with van der Waals surface area (Å²) in [6.45, 7) is 1.75. The van der Waals surface area contributed by atoms with Crippen LogP contribution in [0.25, 0.3) is 0 Å². The largest absolute Gasteiger partial charge is 0.465 e. The van der Waals surface area contributed by atoms with E-state index in [1.807, 2.05) is 0 Å². The van der Waals surface area contributed by atoms with Crippen LogP contribution >= 0.6 is 0 Å². The van der Waals surface area contributed by atoms with E-state index < -0.39 is 0 Å². The van der Waals surface area contributed by atoms with E-state index in [0.29, 0.717) is 5.76 Å². The number of hydrogen-bond acceptors (Lipinski definition) is 4. The van der Waals surface area contributed by atoms with Crippen molar-refractivity contribution in [1.29, 1.82) is 0 Å². The molecule has 0 bridgehead atoms. The highest BCUT2D eigenvalue weighted by atomic mass is 16.7. The van der Waals surface area contributed by atoms with Crippen LogP contribution in [0, 0.1) is 6.92 Å². The summed E-state index contributed by atoms with van der Waals surface area (Å²) in [5.41, 5.74) is -0.198. The molecule has 4 nitrogen and oxygen atoms in total. The van der Waals surface area contributed by atoms with Gasteiger partial charge in [-0.25, -0.2) is 0 Å². The SMILES string of the molecule is COCOc1coc(C)cc1=O. The molecule has 0 saturated heterocycles. The van der Waals surface area contributed by atoms with Crippen LogP contribution in [0.2, 0.25) is 0 Å².